The monoisotopic (exact) mass is 234 g/mol. The Kier molecular flexibility index (Phi) is 4.87. The van der Waals surface area contributed by atoms with Gasteiger partial charge in [-0.05, 0) is 24.8 Å². The third-order valence-electron chi connectivity index (χ3n) is 2.25. The van der Waals surface area contributed by atoms with E-state index in [1.807, 2.05) is 43.5 Å². The molecule has 1 amide bonds. The van der Waals surface area contributed by atoms with E-state index in [-0.39, 0.29) is 5.91 Å². The Morgan fingerprint density at radius 3 is 2.81 bits per heavy atom. The highest BCUT2D eigenvalue weighted by molar-refractivity contribution is 7.98. The minimum atomic E-state index is -0.574. The van der Waals surface area contributed by atoms with Crippen molar-refractivity contribution >= 4 is 23.4 Å². The molecular weight excluding hydrogens is 220 g/mol. The van der Waals surface area contributed by atoms with Gasteiger partial charge in [0.1, 0.15) is 5.92 Å². The smallest absolute Gasteiger partial charge is 0.241 e. The first-order valence-corrected chi connectivity index (χ1v) is 6.28. The molecule has 1 aromatic carbocycles. The lowest BCUT2D eigenvalue weighted by atomic mass is 10.1. The number of para-hydroxylation sites is 1. The molecule has 0 saturated heterocycles. The first-order chi connectivity index (χ1) is 7.72. The number of nitrogens with one attached hydrogen (secondary N) is 1. The number of carbonyl (C=O) groups is 1. The lowest BCUT2D eigenvalue weighted by Crippen LogP contribution is -2.21. The van der Waals surface area contributed by atoms with Gasteiger partial charge >= 0.3 is 0 Å². The summed E-state index contributed by atoms with van der Waals surface area (Å²) in [6, 6.07) is 9.55. The van der Waals surface area contributed by atoms with E-state index in [1.54, 1.807) is 11.8 Å². The van der Waals surface area contributed by atoms with Crippen LogP contribution < -0.4 is 5.32 Å². The predicted molar refractivity (Wildman–Crippen MR) is 66.2 cm³/mol. The molecule has 1 atom stereocenters. The summed E-state index contributed by atoms with van der Waals surface area (Å²) < 4.78 is 0. The molecular formula is C12H14N2OS. The maximum atomic E-state index is 11.7. The van der Waals surface area contributed by atoms with Crippen LogP contribution in [-0.4, -0.2) is 12.2 Å². The molecule has 84 valence electrons. The van der Waals surface area contributed by atoms with Crippen molar-refractivity contribution in [2.75, 3.05) is 11.6 Å². The van der Waals surface area contributed by atoms with Gasteiger partial charge in [0.05, 0.1) is 11.8 Å². The van der Waals surface area contributed by atoms with Crippen molar-refractivity contribution in [1.29, 1.82) is 5.26 Å². The zero-order valence-electron chi connectivity index (χ0n) is 9.36. The molecule has 0 radical (unpaired) electrons. The summed E-state index contributed by atoms with van der Waals surface area (Å²) in [5.41, 5.74) is 0.772. The summed E-state index contributed by atoms with van der Waals surface area (Å²) in [6.07, 6.45) is 2.48. The number of amides is 1. The van der Waals surface area contributed by atoms with Crippen molar-refractivity contribution < 1.29 is 4.79 Å². The van der Waals surface area contributed by atoms with E-state index in [4.69, 9.17) is 5.26 Å². The second-order valence-corrected chi connectivity index (χ2v) is 4.13. The van der Waals surface area contributed by atoms with Gasteiger partial charge in [-0.2, -0.15) is 5.26 Å². The highest BCUT2D eigenvalue weighted by Crippen LogP contribution is 2.25. The van der Waals surface area contributed by atoms with E-state index in [1.165, 1.54) is 0 Å². The molecule has 1 unspecified atom stereocenters. The molecule has 0 spiro atoms. The van der Waals surface area contributed by atoms with E-state index in [0.29, 0.717) is 6.42 Å². The fourth-order valence-electron chi connectivity index (χ4n) is 1.30. The average molecular weight is 234 g/mol. The van der Waals surface area contributed by atoms with Gasteiger partial charge in [0.25, 0.3) is 0 Å². The van der Waals surface area contributed by atoms with E-state index in [2.05, 4.69) is 5.32 Å². The molecule has 4 heteroatoms. The third-order valence-corrected chi connectivity index (χ3v) is 3.04. The van der Waals surface area contributed by atoms with E-state index in [9.17, 15) is 4.79 Å². The van der Waals surface area contributed by atoms with E-state index < -0.39 is 5.92 Å². The predicted octanol–water partition coefficient (Wildman–Crippen LogP) is 2.90. The SMILES string of the molecule is CCC(C#N)C(=O)Nc1ccccc1SC. The molecule has 0 heterocycles. The summed E-state index contributed by atoms with van der Waals surface area (Å²) in [5.74, 6) is -0.804. The summed E-state index contributed by atoms with van der Waals surface area (Å²) in [4.78, 5) is 12.7. The molecule has 0 aliphatic heterocycles. The van der Waals surface area contributed by atoms with Crippen LogP contribution in [0, 0.1) is 17.2 Å². The Morgan fingerprint density at radius 1 is 1.56 bits per heavy atom. The number of carbonyl (C=O) groups excluding carboxylic acids is 1. The minimum Gasteiger partial charge on any atom is -0.324 e. The molecule has 0 aromatic heterocycles. The molecule has 0 aliphatic carbocycles. The number of nitrogens with zero attached hydrogens (tertiary/aromatic N) is 1. The second kappa shape index (κ2) is 6.19. The lowest BCUT2D eigenvalue weighted by molar-refractivity contribution is -0.118. The lowest BCUT2D eigenvalue weighted by Gasteiger charge is -2.11. The summed E-state index contributed by atoms with van der Waals surface area (Å²) in [5, 5.41) is 11.6. The Labute approximate surface area is 99.8 Å². The van der Waals surface area contributed by atoms with Gasteiger partial charge in [0.2, 0.25) is 5.91 Å². The molecule has 1 N–H and O–H groups in total. The fourth-order valence-corrected chi connectivity index (χ4v) is 1.86. The number of hydrogen-bond donors (Lipinski definition) is 1. The number of nitriles is 1. The van der Waals surface area contributed by atoms with Gasteiger partial charge in [0.15, 0.2) is 0 Å². The van der Waals surface area contributed by atoms with E-state index >= 15 is 0 Å². The van der Waals surface area contributed by atoms with Crippen LogP contribution >= 0.6 is 11.8 Å². The van der Waals surface area contributed by atoms with Crippen molar-refractivity contribution in [2.45, 2.75) is 18.2 Å². The average Bonchev–Trinajstić information content (AvgIpc) is 2.31. The topological polar surface area (TPSA) is 52.9 Å². The number of hydrogen-bond acceptors (Lipinski definition) is 3. The van der Waals surface area contributed by atoms with Crippen LogP contribution in [0.5, 0.6) is 0 Å². The standard InChI is InChI=1S/C12H14N2OS/c1-3-9(8-13)12(15)14-10-6-4-5-7-11(10)16-2/h4-7,9H,3H2,1-2H3,(H,14,15). The van der Waals surface area contributed by atoms with Crippen molar-refractivity contribution in [2.24, 2.45) is 5.92 Å². The Morgan fingerprint density at radius 2 is 2.25 bits per heavy atom. The van der Waals surface area contributed by atoms with Crippen LogP contribution in [0.1, 0.15) is 13.3 Å². The van der Waals surface area contributed by atoms with Crippen molar-refractivity contribution in [3.8, 4) is 6.07 Å². The quantitative estimate of drug-likeness (QED) is 0.815. The molecule has 0 aliphatic rings. The number of benzene rings is 1. The number of thioether (sulfide) groups is 1. The second-order valence-electron chi connectivity index (χ2n) is 3.28. The first-order valence-electron chi connectivity index (χ1n) is 5.06. The molecule has 0 fully saturated rings. The summed E-state index contributed by atoms with van der Waals surface area (Å²) in [7, 11) is 0. The normalized spacial score (nSPS) is 11.6. The van der Waals surface area contributed by atoms with Gasteiger partial charge < -0.3 is 5.32 Å². The van der Waals surface area contributed by atoms with Gasteiger partial charge in [-0.3, -0.25) is 4.79 Å². The van der Waals surface area contributed by atoms with Crippen LogP contribution in [0.25, 0.3) is 0 Å². The van der Waals surface area contributed by atoms with Crippen molar-refractivity contribution in [1.82, 2.24) is 0 Å². The molecule has 1 aromatic rings. The molecule has 0 saturated carbocycles. The maximum absolute atomic E-state index is 11.7. The van der Waals surface area contributed by atoms with Gasteiger partial charge in [0, 0.05) is 4.90 Å². The van der Waals surface area contributed by atoms with Gasteiger partial charge in [-0.15, -0.1) is 11.8 Å². The van der Waals surface area contributed by atoms with Crippen LogP contribution in [0.15, 0.2) is 29.2 Å². The molecule has 0 bridgehead atoms. The summed E-state index contributed by atoms with van der Waals surface area (Å²) >= 11 is 1.57. The minimum absolute atomic E-state index is 0.230. The largest absolute Gasteiger partial charge is 0.324 e. The highest BCUT2D eigenvalue weighted by Gasteiger charge is 2.16. The molecule has 3 nitrogen and oxygen atoms in total. The van der Waals surface area contributed by atoms with Gasteiger partial charge in [-0.1, -0.05) is 19.1 Å². The third kappa shape index (κ3) is 3.01. The molecule has 16 heavy (non-hydrogen) atoms. The van der Waals surface area contributed by atoms with Crippen molar-refractivity contribution in [3.63, 3.8) is 0 Å². The highest BCUT2D eigenvalue weighted by atomic mass is 32.2. The Bertz CT molecular complexity index is 412. The molecule has 1 rings (SSSR count). The Balaban J connectivity index is 2.81. The van der Waals surface area contributed by atoms with Crippen LogP contribution in [0.4, 0.5) is 5.69 Å². The summed E-state index contributed by atoms with van der Waals surface area (Å²) in [6.45, 7) is 1.83. The zero-order chi connectivity index (χ0) is 12.0. The number of anilines is 1. The van der Waals surface area contributed by atoms with Crippen LogP contribution in [0.2, 0.25) is 0 Å². The van der Waals surface area contributed by atoms with Gasteiger partial charge in [-0.25, -0.2) is 0 Å². The first kappa shape index (κ1) is 12.6. The van der Waals surface area contributed by atoms with Crippen LogP contribution in [0.3, 0.4) is 0 Å². The zero-order valence-corrected chi connectivity index (χ0v) is 10.2. The van der Waals surface area contributed by atoms with Crippen LogP contribution in [-0.2, 0) is 4.79 Å². The number of rotatable bonds is 4. The fraction of sp³-hybridized carbons (Fsp3) is 0.333. The van der Waals surface area contributed by atoms with E-state index in [0.717, 1.165) is 10.6 Å². The van der Waals surface area contributed by atoms with Crippen molar-refractivity contribution in [3.05, 3.63) is 24.3 Å². The Hall–Kier alpha value is -1.47. The maximum Gasteiger partial charge on any atom is 0.241 e.